The molecule has 6 heteroatoms. The van der Waals surface area contributed by atoms with Crippen LogP contribution in [0.25, 0.3) is 0 Å². The summed E-state index contributed by atoms with van der Waals surface area (Å²) in [5, 5.41) is 7.21. The molecule has 2 aromatic rings. The van der Waals surface area contributed by atoms with Crippen LogP contribution in [-0.2, 0) is 11.8 Å². The molecule has 2 heterocycles. The number of carbonyl (C=O) groups excluding carboxylic acids is 1. The minimum atomic E-state index is -0.308. The van der Waals surface area contributed by atoms with Crippen LogP contribution in [0.5, 0.6) is 0 Å². The summed E-state index contributed by atoms with van der Waals surface area (Å²) >= 11 is 3.20. The van der Waals surface area contributed by atoms with E-state index in [-0.39, 0.29) is 17.6 Å². The van der Waals surface area contributed by atoms with Gasteiger partial charge in [0.2, 0.25) is 5.91 Å². The number of anilines is 1. The van der Waals surface area contributed by atoms with Crippen molar-refractivity contribution >= 4 is 27.7 Å². The van der Waals surface area contributed by atoms with Gasteiger partial charge in [-0.1, -0.05) is 6.07 Å². The van der Waals surface area contributed by atoms with E-state index < -0.39 is 0 Å². The van der Waals surface area contributed by atoms with E-state index in [2.05, 4.69) is 26.3 Å². The number of aryl methyl sites for hydroxylation is 2. The summed E-state index contributed by atoms with van der Waals surface area (Å²) in [7, 11) is 1.80. The van der Waals surface area contributed by atoms with Gasteiger partial charge in [-0.15, -0.1) is 0 Å². The van der Waals surface area contributed by atoms with Gasteiger partial charge in [-0.05, 0) is 40.5 Å². The molecule has 0 saturated carbocycles. The molecule has 1 N–H and O–H groups in total. The van der Waals surface area contributed by atoms with Gasteiger partial charge in [-0.2, -0.15) is 5.10 Å². The Morgan fingerprint density at radius 2 is 2.25 bits per heavy atom. The summed E-state index contributed by atoms with van der Waals surface area (Å²) in [6, 6.07) is 4.87. The Bertz CT molecular complexity index is 711. The quantitative estimate of drug-likeness (QED) is 0.869. The molecule has 1 aliphatic heterocycles. The van der Waals surface area contributed by atoms with Gasteiger partial charge in [-0.3, -0.25) is 9.48 Å². The fourth-order valence-electron chi connectivity index (χ4n) is 2.72. The molecule has 0 spiro atoms. The van der Waals surface area contributed by atoms with Gasteiger partial charge >= 0.3 is 0 Å². The van der Waals surface area contributed by atoms with E-state index in [0.29, 0.717) is 10.9 Å². The number of nitrogens with one attached hydrogen (secondary N) is 1. The fraction of sp³-hybridized carbons (Fsp3) is 0.286. The second kappa shape index (κ2) is 4.70. The largest absolute Gasteiger partial charge is 0.311 e. The molecule has 0 radical (unpaired) electrons. The van der Waals surface area contributed by atoms with Crippen LogP contribution in [0.3, 0.4) is 0 Å². The first-order valence-corrected chi connectivity index (χ1v) is 7.05. The first-order chi connectivity index (χ1) is 9.47. The molecule has 1 aromatic carbocycles. The van der Waals surface area contributed by atoms with Crippen LogP contribution in [0, 0.1) is 12.7 Å². The third kappa shape index (κ3) is 2.04. The van der Waals surface area contributed by atoms with Crippen molar-refractivity contribution in [2.24, 2.45) is 7.05 Å². The third-order valence-corrected chi connectivity index (χ3v) is 4.22. The van der Waals surface area contributed by atoms with Crippen LogP contribution in [-0.4, -0.2) is 15.7 Å². The maximum atomic E-state index is 13.4. The van der Waals surface area contributed by atoms with Crippen LogP contribution in [0.4, 0.5) is 10.2 Å². The number of benzene rings is 1. The number of carbonyl (C=O) groups is 1. The molecule has 0 bridgehead atoms. The molecule has 104 valence electrons. The third-order valence-electron chi connectivity index (χ3n) is 3.61. The molecule has 4 nitrogen and oxygen atoms in total. The summed E-state index contributed by atoms with van der Waals surface area (Å²) in [5.41, 5.74) is 2.80. The summed E-state index contributed by atoms with van der Waals surface area (Å²) in [6.45, 7) is 1.92. The Labute approximate surface area is 124 Å². The van der Waals surface area contributed by atoms with E-state index in [1.807, 2.05) is 6.92 Å². The van der Waals surface area contributed by atoms with E-state index in [9.17, 15) is 9.18 Å². The highest BCUT2D eigenvalue weighted by molar-refractivity contribution is 9.10. The number of fused-ring (bicyclic) bond motifs is 1. The van der Waals surface area contributed by atoms with Crippen molar-refractivity contribution in [3.8, 4) is 0 Å². The molecule has 0 unspecified atom stereocenters. The first kappa shape index (κ1) is 13.3. The predicted octanol–water partition coefficient (Wildman–Crippen LogP) is 3.10. The zero-order valence-corrected chi connectivity index (χ0v) is 12.7. The fourth-order valence-corrected chi connectivity index (χ4v) is 3.12. The van der Waals surface area contributed by atoms with Crippen molar-refractivity contribution in [3.05, 3.63) is 45.3 Å². The highest BCUT2D eigenvalue weighted by atomic mass is 79.9. The Hall–Kier alpha value is -1.69. The Morgan fingerprint density at radius 3 is 2.95 bits per heavy atom. The number of hydrogen-bond acceptors (Lipinski definition) is 2. The van der Waals surface area contributed by atoms with Gasteiger partial charge in [0.05, 0.1) is 10.2 Å². The second-order valence-electron chi connectivity index (χ2n) is 4.95. The standard InChI is InChI=1S/C14H13BrFN3O/c1-7-13-9(8-3-4-11(16)10(15)5-8)6-12(20)17-14(13)19(2)18-7/h3-5,9H,6H2,1-2H3,(H,17,20)/t9-/m1/s1. The smallest absolute Gasteiger partial charge is 0.226 e. The first-order valence-electron chi connectivity index (χ1n) is 6.25. The van der Waals surface area contributed by atoms with E-state index in [1.54, 1.807) is 23.9 Å². The Balaban J connectivity index is 2.15. The minimum absolute atomic E-state index is 0.0500. The number of hydrogen-bond donors (Lipinski definition) is 1. The van der Waals surface area contributed by atoms with Gasteiger partial charge in [-0.25, -0.2) is 4.39 Å². The molecule has 1 amide bonds. The minimum Gasteiger partial charge on any atom is -0.311 e. The van der Waals surface area contributed by atoms with Crippen molar-refractivity contribution in [3.63, 3.8) is 0 Å². The lowest BCUT2D eigenvalue weighted by molar-refractivity contribution is -0.116. The molecule has 1 aliphatic rings. The maximum absolute atomic E-state index is 13.4. The van der Waals surface area contributed by atoms with Crippen molar-refractivity contribution < 1.29 is 9.18 Å². The van der Waals surface area contributed by atoms with Crippen LogP contribution in [0.15, 0.2) is 22.7 Å². The lowest BCUT2D eigenvalue weighted by Gasteiger charge is -2.24. The number of nitrogens with zero attached hydrogens (tertiary/aromatic N) is 2. The lowest BCUT2D eigenvalue weighted by Crippen LogP contribution is -2.24. The maximum Gasteiger partial charge on any atom is 0.226 e. The average Bonchev–Trinajstić information content (AvgIpc) is 2.67. The number of rotatable bonds is 1. The molecule has 1 aromatic heterocycles. The van der Waals surface area contributed by atoms with Gasteiger partial charge in [0, 0.05) is 24.9 Å². The van der Waals surface area contributed by atoms with Gasteiger partial charge in [0.1, 0.15) is 11.6 Å². The predicted molar refractivity (Wildman–Crippen MR) is 77.1 cm³/mol. The van der Waals surface area contributed by atoms with Crippen LogP contribution >= 0.6 is 15.9 Å². The van der Waals surface area contributed by atoms with Crippen molar-refractivity contribution in [1.29, 1.82) is 0 Å². The topological polar surface area (TPSA) is 46.9 Å². The van der Waals surface area contributed by atoms with E-state index in [1.165, 1.54) is 6.07 Å². The highest BCUT2D eigenvalue weighted by Gasteiger charge is 2.31. The molecule has 1 atom stereocenters. The Kier molecular flexibility index (Phi) is 3.12. The highest BCUT2D eigenvalue weighted by Crippen LogP contribution is 2.39. The molecule has 20 heavy (non-hydrogen) atoms. The molecule has 0 saturated heterocycles. The molecule has 0 fully saturated rings. The number of amides is 1. The van der Waals surface area contributed by atoms with Crippen LogP contribution < -0.4 is 5.32 Å². The van der Waals surface area contributed by atoms with Gasteiger partial charge < -0.3 is 5.32 Å². The number of halogens is 2. The summed E-state index contributed by atoms with van der Waals surface area (Å²) in [6.07, 6.45) is 0.345. The van der Waals surface area contributed by atoms with E-state index in [4.69, 9.17) is 0 Å². The van der Waals surface area contributed by atoms with Crippen molar-refractivity contribution in [1.82, 2.24) is 9.78 Å². The van der Waals surface area contributed by atoms with Crippen LogP contribution in [0.1, 0.15) is 29.2 Å². The second-order valence-corrected chi connectivity index (χ2v) is 5.80. The average molecular weight is 338 g/mol. The van der Waals surface area contributed by atoms with E-state index >= 15 is 0 Å². The molecular weight excluding hydrogens is 325 g/mol. The molecule has 0 aliphatic carbocycles. The number of aromatic nitrogens is 2. The molecular formula is C14H13BrFN3O. The summed E-state index contributed by atoms with van der Waals surface area (Å²) in [4.78, 5) is 11.9. The molecule has 3 rings (SSSR count). The summed E-state index contributed by atoms with van der Waals surface area (Å²) in [5.74, 6) is 0.275. The van der Waals surface area contributed by atoms with Gasteiger partial charge in [0.25, 0.3) is 0 Å². The summed E-state index contributed by atoms with van der Waals surface area (Å²) < 4.78 is 15.5. The SMILES string of the molecule is Cc1nn(C)c2c1[C@@H](c1ccc(F)c(Br)c1)CC(=O)N2. The van der Waals surface area contributed by atoms with Gasteiger partial charge in [0.15, 0.2) is 0 Å². The van der Waals surface area contributed by atoms with E-state index in [0.717, 1.165) is 22.6 Å². The zero-order valence-electron chi connectivity index (χ0n) is 11.1. The zero-order chi connectivity index (χ0) is 14.4. The lowest BCUT2D eigenvalue weighted by atomic mass is 9.86. The monoisotopic (exact) mass is 337 g/mol. The van der Waals surface area contributed by atoms with Crippen LogP contribution in [0.2, 0.25) is 0 Å². The van der Waals surface area contributed by atoms with Crippen molar-refractivity contribution in [2.45, 2.75) is 19.3 Å². The normalized spacial score (nSPS) is 17.8. The van der Waals surface area contributed by atoms with Crippen molar-refractivity contribution in [2.75, 3.05) is 5.32 Å². The Morgan fingerprint density at radius 1 is 1.50 bits per heavy atom.